The van der Waals surface area contributed by atoms with Gasteiger partial charge in [0.1, 0.15) is 11.5 Å². The number of benzene rings is 2. The molecule has 0 aliphatic carbocycles. The SMILES string of the molecule is CNCC(=O)N=[S@@](C)c1cccc(NC(=O)c2c(N3CCCC(C)(F)CC3)ncc(-c3ccc(C)cc3)c2C)c1. The standard InChI is InChI=1S/C31H38FN5O2S/c1-21-10-12-23(13-11-21)26-19-34-29(37-16-7-14-31(3,32)15-17-37)28(22(26)2)30(39)35-24-8-6-9-25(18-24)40(5)36-27(38)20-33-4/h6,8-13,18-19,33H,7,14-17,20H2,1-5H3,(H,35,39)/t31?,40-/m0/s1. The predicted octanol–water partition coefficient (Wildman–Crippen LogP) is 5.87. The van der Waals surface area contributed by atoms with E-state index < -0.39 is 16.4 Å². The minimum Gasteiger partial charge on any atom is -0.356 e. The number of hydrogen-bond donors (Lipinski definition) is 2. The van der Waals surface area contributed by atoms with Gasteiger partial charge in [0.05, 0.1) is 12.1 Å². The number of carbonyl (C=O) groups is 2. The molecule has 2 heterocycles. The summed E-state index contributed by atoms with van der Waals surface area (Å²) in [6.07, 6.45) is 5.25. The minimum atomic E-state index is -1.23. The number of aryl methyl sites for hydroxylation is 1. The Kier molecular flexibility index (Phi) is 9.48. The Morgan fingerprint density at radius 3 is 2.60 bits per heavy atom. The first kappa shape index (κ1) is 29.6. The Balaban J connectivity index is 1.71. The summed E-state index contributed by atoms with van der Waals surface area (Å²) in [5, 5.41) is 5.88. The molecule has 2 N–H and O–H groups in total. The molecule has 0 bridgehead atoms. The highest BCUT2D eigenvalue weighted by molar-refractivity contribution is 7.87. The lowest BCUT2D eigenvalue weighted by atomic mass is 9.97. The summed E-state index contributed by atoms with van der Waals surface area (Å²) < 4.78 is 19.1. The highest BCUT2D eigenvalue weighted by Crippen LogP contribution is 2.34. The van der Waals surface area contributed by atoms with E-state index in [0.29, 0.717) is 49.4 Å². The van der Waals surface area contributed by atoms with E-state index in [1.165, 1.54) is 0 Å². The second-order valence-corrected chi connectivity index (χ2v) is 12.2. The zero-order valence-corrected chi connectivity index (χ0v) is 24.7. The van der Waals surface area contributed by atoms with Gasteiger partial charge in [-0.15, -0.1) is 0 Å². The zero-order chi connectivity index (χ0) is 28.9. The Hall–Kier alpha value is -3.43. The first-order chi connectivity index (χ1) is 19.1. The molecule has 1 saturated heterocycles. The number of anilines is 2. The van der Waals surface area contributed by atoms with Crippen LogP contribution < -0.4 is 15.5 Å². The van der Waals surface area contributed by atoms with Crippen molar-refractivity contribution >= 4 is 34.0 Å². The zero-order valence-electron chi connectivity index (χ0n) is 23.9. The number of alkyl halides is 1. The topological polar surface area (TPSA) is 86.7 Å². The summed E-state index contributed by atoms with van der Waals surface area (Å²) in [5.74, 6) is 0.0732. The molecule has 1 unspecified atom stereocenters. The average molecular weight is 564 g/mol. The molecule has 9 heteroatoms. The second kappa shape index (κ2) is 12.8. The van der Waals surface area contributed by atoms with Crippen LogP contribution in [0.2, 0.25) is 0 Å². The molecule has 2 atom stereocenters. The summed E-state index contributed by atoms with van der Waals surface area (Å²) in [7, 11) is 1.05. The number of nitrogens with zero attached hydrogens (tertiary/aromatic N) is 3. The average Bonchev–Trinajstić information content (AvgIpc) is 3.09. The number of rotatable bonds is 7. The van der Waals surface area contributed by atoms with Crippen molar-refractivity contribution in [1.29, 1.82) is 0 Å². The van der Waals surface area contributed by atoms with Gasteiger partial charge in [-0.1, -0.05) is 46.6 Å². The lowest BCUT2D eigenvalue weighted by Gasteiger charge is -2.26. The number of hydrogen-bond acceptors (Lipinski definition) is 5. The van der Waals surface area contributed by atoms with E-state index >= 15 is 0 Å². The number of halogens is 1. The van der Waals surface area contributed by atoms with E-state index in [2.05, 4.69) is 15.0 Å². The molecule has 1 aromatic heterocycles. The van der Waals surface area contributed by atoms with Gasteiger partial charge in [0.15, 0.2) is 0 Å². The predicted molar refractivity (Wildman–Crippen MR) is 162 cm³/mol. The molecule has 3 aromatic rings. The van der Waals surface area contributed by atoms with Gasteiger partial charge in [0, 0.05) is 35.4 Å². The maximum Gasteiger partial charge on any atom is 0.265 e. The lowest BCUT2D eigenvalue weighted by molar-refractivity contribution is -0.116. The van der Waals surface area contributed by atoms with E-state index in [-0.39, 0.29) is 18.4 Å². The van der Waals surface area contributed by atoms with Crippen molar-refractivity contribution in [3.8, 4) is 11.1 Å². The van der Waals surface area contributed by atoms with Crippen LogP contribution in [0.15, 0.2) is 64.0 Å². The van der Waals surface area contributed by atoms with Gasteiger partial charge >= 0.3 is 0 Å². The summed E-state index contributed by atoms with van der Waals surface area (Å²) in [4.78, 5) is 33.6. The van der Waals surface area contributed by atoms with Gasteiger partial charge in [-0.05, 0) is 82.7 Å². The van der Waals surface area contributed by atoms with Crippen LogP contribution in [0.1, 0.15) is 47.7 Å². The fourth-order valence-corrected chi connectivity index (χ4v) is 5.97. The molecule has 1 aliphatic rings. The van der Waals surface area contributed by atoms with Crippen molar-refractivity contribution in [1.82, 2.24) is 10.3 Å². The third-order valence-electron chi connectivity index (χ3n) is 7.24. The smallest absolute Gasteiger partial charge is 0.265 e. The highest BCUT2D eigenvalue weighted by Gasteiger charge is 2.30. The first-order valence-corrected chi connectivity index (χ1v) is 15.1. The van der Waals surface area contributed by atoms with E-state index in [0.717, 1.165) is 27.1 Å². The Morgan fingerprint density at radius 1 is 1.12 bits per heavy atom. The molecule has 1 fully saturated rings. The number of aromatic nitrogens is 1. The highest BCUT2D eigenvalue weighted by atomic mass is 32.2. The Morgan fingerprint density at radius 2 is 1.88 bits per heavy atom. The molecule has 0 radical (unpaired) electrons. The third-order valence-corrected chi connectivity index (χ3v) is 8.65. The van der Waals surface area contributed by atoms with Crippen molar-refractivity contribution in [2.24, 2.45) is 4.36 Å². The minimum absolute atomic E-state index is 0.179. The van der Waals surface area contributed by atoms with E-state index in [1.807, 2.05) is 79.7 Å². The van der Waals surface area contributed by atoms with Crippen LogP contribution >= 0.6 is 0 Å². The number of likely N-dealkylation sites (N-methyl/N-ethyl adjacent to an activating group) is 1. The van der Waals surface area contributed by atoms with Crippen LogP contribution in [-0.4, -0.2) is 55.4 Å². The molecule has 0 spiro atoms. The number of amides is 2. The van der Waals surface area contributed by atoms with Crippen molar-refractivity contribution in [2.45, 2.75) is 50.6 Å². The monoisotopic (exact) mass is 563 g/mol. The number of nitrogens with one attached hydrogen (secondary N) is 2. The van der Waals surface area contributed by atoms with Gasteiger partial charge in [-0.25, -0.2) is 9.37 Å². The fraction of sp³-hybridized carbons (Fsp3) is 0.387. The van der Waals surface area contributed by atoms with Crippen LogP contribution in [0.25, 0.3) is 11.1 Å². The Bertz CT molecular complexity index is 1420. The fourth-order valence-electron chi connectivity index (χ4n) is 4.92. The second-order valence-electron chi connectivity index (χ2n) is 10.6. The van der Waals surface area contributed by atoms with Crippen molar-refractivity contribution in [2.75, 3.05) is 43.2 Å². The maximum atomic E-state index is 14.8. The normalized spacial score (nSPS) is 18.3. The molecule has 212 valence electrons. The molecule has 4 rings (SSSR count). The van der Waals surface area contributed by atoms with E-state index in [9.17, 15) is 14.0 Å². The van der Waals surface area contributed by atoms with Crippen LogP contribution in [0, 0.1) is 13.8 Å². The summed E-state index contributed by atoms with van der Waals surface area (Å²) >= 11 is 0. The van der Waals surface area contributed by atoms with Gasteiger partial charge < -0.3 is 15.5 Å². The van der Waals surface area contributed by atoms with Gasteiger partial charge in [-0.3, -0.25) is 9.59 Å². The Labute approximate surface area is 238 Å². The van der Waals surface area contributed by atoms with Crippen LogP contribution in [0.4, 0.5) is 15.9 Å². The van der Waals surface area contributed by atoms with E-state index in [1.54, 1.807) is 14.0 Å². The van der Waals surface area contributed by atoms with Crippen LogP contribution in [0.3, 0.4) is 0 Å². The summed E-state index contributed by atoms with van der Waals surface area (Å²) in [6.45, 7) is 6.92. The summed E-state index contributed by atoms with van der Waals surface area (Å²) in [5.41, 5.74) is 3.69. The molecule has 7 nitrogen and oxygen atoms in total. The van der Waals surface area contributed by atoms with Crippen molar-refractivity contribution in [3.63, 3.8) is 0 Å². The summed E-state index contributed by atoms with van der Waals surface area (Å²) in [6, 6.07) is 15.6. The molecule has 2 aromatic carbocycles. The molecule has 1 aliphatic heterocycles. The quantitative estimate of drug-likeness (QED) is 0.375. The molecule has 2 amide bonds. The molecular formula is C31H38FN5O2S. The largest absolute Gasteiger partial charge is 0.356 e. The first-order valence-electron chi connectivity index (χ1n) is 13.5. The maximum absolute atomic E-state index is 14.8. The number of carbonyl (C=O) groups excluding carboxylic acids is 2. The van der Waals surface area contributed by atoms with Gasteiger partial charge in [-0.2, -0.15) is 4.36 Å². The van der Waals surface area contributed by atoms with Gasteiger partial charge in [0.2, 0.25) is 0 Å². The van der Waals surface area contributed by atoms with Gasteiger partial charge in [0.25, 0.3) is 11.8 Å². The molecule has 40 heavy (non-hydrogen) atoms. The van der Waals surface area contributed by atoms with E-state index in [4.69, 9.17) is 4.98 Å². The third kappa shape index (κ3) is 7.20. The van der Waals surface area contributed by atoms with Crippen molar-refractivity contribution in [3.05, 3.63) is 71.4 Å². The number of pyridine rings is 1. The molecule has 0 saturated carbocycles. The van der Waals surface area contributed by atoms with Crippen LogP contribution in [0.5, 0.6) is 0 Å². The molecular weight excluding hydrogens is 525 g/mol. The van der Waals surface area contributed by atoms with Crippen molar-refractivity contribution < 1.29 is 14.0 Å². The van der Waals surface area contributed by atoms with Crippen LogP contribution in [-0.2, 0) is 15.5 Å². The lowest BCUT2D eigenvalue weighted by Crippen LogP contribution is -2.30.